The molecule has 3 N–H and O–H groups in total. The van der Waals surface area contributed by atoms with Crippen LogP contribution in [0.1, 0.15) is 30.9 Å². The van der Waals surface area contributed by atoms with Crippen LogP contribution in [0.2, 0.25) is 0 Å². The molecule has 23 heavy (non-hydrogen) atoms. The largest absolute Gasteiger partial charge is 0.352 e. The number of benzene rings is 1. The molecule has 0 saturated carbocycles. The Labute approximate surface area is 136 Å². The molecule has 0 radical (unpaired) electrons. The summed E-state index contributed by atoms with van der Waals surface area (Å²) in [5.41, 5.74) is 7.70. The van der Waals surface area contributed by atoms with Gasteiger partial charge >= 0.3 is 0 Å². The Kier molecular flexibility index (Phi) is 6.11. The first-order valence-corrected chi connectivity index (χ1v) is 7.80. The molecule has 0 saturated heterocycles. The molecule has 122 valence electrons. The molecule has 0 aliphatic carbocycles. The second kappa shape index (κ2) is 8.29. The number of hydrogen-bond acceptors (Lipinski definition) is 3. The predicted octanol–water partition coefficient (Wildman–Crippen LogP) is 1.64. The van der Waals surface area contributed by atoms with Crippen LogP contribution in [-0.4, -0.2) is 16.5 Å². The van der Waals surface area contributed by atoms with E-state index in [9.17, 15) is 9.59 Å². The minimum atomic E-state index is -0.0158. The second-order valence-electron chi connectivity index (χ2n) is 5.78. The van der Waals surface area contributed by atoms with E-state index < -0.39 is 0 Å². The Hall–Kier alpha value is -2.40. The van der Waals surface area contributed by atoms with E-state index in [1.807, 2.05) is 37.3 Å². The highest BCUT2D eigenvalue weighted by Gasteiger charge is 2.04. The minimum absolute atomic E-state index is 0.0158. The summed E-state index contributed by atoms with van der Waals surface area (Å²) < 4.78 is 1.66. The van der Waals surface area contributed by atoms with E-state index in [1.165, 1.54) is 0 Å². The standard InChI is InChI=1S/C18H23N3O2/c1-14(19)5-10-17(22)20-12-15-6-8-16(9-7-15)13-21-11-3-2-4-18(21)23/h2-4,6-9,11,14H,5,10,12-13,19H2,1H3,(H,20,22). The summed E-state index contributed by atoms with van der Waals surface area (Å²) >= 11 is 0. The number of amides is 1. The van der Waals surface area contributed by atoms with Crippen molar-refractivity contribution in [2.45, 2.75) is 38.9 Å². The van der Waals surface area contributed by atoms with Gasteiger partial charge in [0.25, 0.3) is 5.56 Å². The van der Waals surface area contributed by atoms with E-state index >= 15 is 0 Å². The molecule has 2 aromatic rings. The van der Waals surface area contributed by atoms with Crippen molar-refractivity contribution < 1.29 is 4.79 Å². The van der Waals surface area contributed by atoms with Gasteiger partial charge in [-0.25, -0.2) is 0 Å². The monoisotopic (exact) mass is 313 g/mol. The average molecular weight is 313 g/mol. The van der Waals surface area contributed by atoms with Gasteiger partial charge in [0, 0.05) is 31.3 Å². The molecular weight excluding hydrogens is 290 g/mol. The van der Waals surface area contributed by atoms with Gasteiger partial charge in [0.05, 0.1) is 6.54 Å². The molecule has 5 nitrogen and oxygen atoms in total. The Morgan fingerprint density at radius 1 is 1.17 bits per heavy atom. The Balaban J connectivity index is 1.86. The van der Waals surface area contributed by atoms with E-state index in [4.69, 9.17) is 5.73 Å². The molecular formula is C18H23N3O2. The Morgan fingerprint density at radius 2 is 1.87 bits per heavy atom. The molecule has 1 aromatic heterocycles. The average Bonchev–Trinajstić information content (AvgIpc) is 2.54. The lowest BCUT2D eigenvalue weighted by Gasteiger charge is -2.09. The quantitative estimate of drug-likeness (QED) is 0.816. The summed E-state index contributed by atoms with van der Waals surface area (Å²) in [6.07, 6.45) is 2.91. The lowest BCUT2D eigenvalue weighted by molar-refractivity contribution is -0.121. The van der Waals surface area contributed by atoms with Crippen molar-refractivity contribution in [3.8, 4) is 0 Å². The van der Waals surface area contributed by atoms with E-state index in [0.717, 1.165) is 11.1 Å². The van der Waals surface area contributed by atoms with Crippen LogP contribution in [0, 0.1) is 0 Å². The first kappa shape index (κ1) is 17.0. The highest BCUT2D eigenvalue weighted by molar-refractivity contribution is 5.75. The fourth-order valence-corrected chi connectivity index (χ4v) is 2.20. The summed E-state index contributed by atoms with van der Waals surface area (Å²) in [7, 11) is 0. The second-order valence-corrected chi connectivity index (χ2v) is 5.78. The zero-order valence-electron chi connectivity index (χ0n) is 13.4. The predicted molar refractivity (Wildman–Crippen MR) is 91.0 cm³/mol. The molecule has 1 amide bonds. The van der Waals surface area contributed by atoms with Crippen LogP contribution in [0.5, 0.6) is 0 Å². The van der Waals surface area contributed by atoms with Crippen LogP contribution >= 0.6 is 0 Å². The molecule has 0 fully saturated rings. The van der Waals surface area contributed by atoms with Crippen molar-refractivity contribution in [3.63, 3.8) is 0 Å². The van der Waals surface area contributed by atoms with Crippen molar-refractivity contribution in [1.29, 1.82) is 0 Å². The fourth-order valence-electron chi connectivity index (χ4n) is 2.20. The highest BCUT2D eigenvalue weighted by atomic mass is 16.1. The van der Waals surface area contributed by atoms with Gasteiger partial charge in [0.2, 0.25) is 5.91 Å². The molecule has 5 heteroatoms. The van der Waals surface area contributed by atoms with Gasteiger partial charge in [0.15, 0.2) is 0 Å². The lowest BCUT2D eigenvalue weighted by atomic mass is 10.1. The summed E-state index contributed by atoms with van der Waals surface area (Å²) in [4.78, 5) is 23.3. The first-order valence-electron chi connectivity index (χ1n) is 7.80. The topological polar surface area (TPSA) is 77.1 Å². The van der Waals surface area contributed by atoms with Gasteiger partial charge in [-0.2, -0.15) is 0 Å². The smallest absolute Gasteiger partial charge is 0.250 e. The lowest BCUT2D eigenvalue weighted by Crippen LogP contribution is -2.25. The molecule has 2 rings (SSSR count). The maximum Gasteiger partial charge on any atom is 0.250 e. The zero-order chi connectivity index (χ0) is 16.7. The third kappa shape index (κ3) is 5.71. The minimum Gasteiger partial charge on any atom is -0.352 e. The van der Waals surface area contributed by atoms with Crippen LogP contribution in [0.4, 0.5) is 0 Å². The van der Waals surface area contributed by atoms with Crippen molar-refractivity contribution >= 4 is 5.91 Å². The van der Waals surface area contributed by atoms with Crippen molar-refractivity contribution in [2.24, 2.45) is 5.73 Å². The van der Waals surface area contributed by atoms with Gasteiger partial charge in [-0.1, -0.05) is 30.3 Å². The summed E-state index contributed by atoms with van der Waals surface area (Å²) in [5.74, 6) is 0.0159. The number of carbonyl (C=O) groups is 1. The molecule has 0 aliphatic rings. The third-order valence-corrected chi connectivity index (χ3v) is 3.59. The first-order chi connectivity index (χ1) is 11.0. The normalized spacial score (nSPS) is 11.9. The fraction of sp³-hybridized carbons (Fsp3) is 0.333. The number of pyridine rings is 1. The Morgan fingerprint density at radius 3 is 2.52 bits per heavy atom. The van der Waals surface area contributed by atoms with Crippen molar-refractivity contribution in [3.05, 3.63) is 70.1 Å². The van der Waals surface area contributed by atoms with Crippen LogP contribution in [0.3, 0.4) is 0 Å². The molecule has 1 aromatic carbocycles. The number of nitrogens with one attached hydrogen (secondary N) is 1. The van der Waals surface area contributed by atoms with Gasteiger partial charge in [-0.3, -0.25) is 9.59 Å². The van der Waals surface area contributed by atoms with Gasteiger partial charge in [-0.05, 0) is 30.5 Å². The van der Waals surface area contributed by atoms with Crippen molar-refractivity contribution in [2.75, 3.05) is 0 Å². The van der Waals surface area contributed by atoms with E-state index in [2.05, 4.69) is 5.32 Å². The van der Waals surface area contributed by atoms with Crippen molar-refractivity contribution in [1.82, 2.24) is 9.88 Å². The molecule has 1 heterocycles. The van der Waals surface area contributed by atoms with E-state index in [-0.39, 0.29) is 17.5 Å². The van der Waals surface area contributed by atoms with E-state index in [0.29, 0.717) is 25.9 Å². The molecule has 0 spiro atoms. The zero-order valence-corrected chi connectivity index (χ0v) is 13.4. The maximum atomic E-state index is 11.7. The highest BCUT2D eigenvalue weighted by Crippen LogP contribution is 2.06. The number of rotatable bonds is 7. The third-order valence-electron chi connectivity index (χ3n) is 3.59. The number of carbonyl (C=O) groups excluding carboxylic acids is 1. The van der Waals surface area contributed by atoms with Gasteiger partial charge in [0.1, 0.15) is 0 Å². The van der Waals surface area contributed by atoms with Gasteiger partial charge in [-0.15, -0.1) is 0 Å². The van der Waals surface area contributed by atoms with Gasteiger partial charge < -0.3 is 15.6 Å². The summed E-state index contributed by atoms with van der Waals surface area (Å²) in [6.45, 7) is 2.94. The van der Waals surface area contributed by atoms with Crippen LogP contribution in [-0.2, 0) is 17.9 Å². The van der Waals surface area contributed by atoms with Crippen LogP contribution < -0.4 is 16.6 Å². The summed E-state index contributed by atoms with van der Waals surface area (Å²) in [6, 6.07) is 13.0. The van der Waals surface area contributed by atoms with Crippen LogP contribution in [0.15, 0.2) is 53.5 Å². The number of hydrogen-bond donors (Lipinski definition) is 2. The number of aromatic nitrogens is 1. The SMILES string of the molecule is CC(N)CCC(=O)NCc1ccc(Cn2ccccc2=O)cc1. The molecule has 0 bridgehead atoms. The maximum absolute atomic E-state index is 11.7. The number of nitrogens with two attached hydrogens (primary N) is 1. The Bertz CT molecular complexity index is 690. The summed E-state index contributed by atoms with van der Waals surface area (Å²) in [5, 5.41) is 2.88. The van der Waals surface area contributed by atoms with E-state index in [1.54, 1.807) is 22.9 Å². The number of nitrogens with zero attached hydrogens (tertiary/aromatic N) is 1. The molecule has 0 aliphatic heterocycles. The molecule has 1 unspecified atom stereocenters. The van der Waals surface area contributed by atoms with Crippen LogP contribution in [0.25, 0.3) is 0 Å². The molecule has 1 atom stereocenters.